The number of anilines is 3. The van der Waals surface area contributed by atoms with E-state index < -0.39 is 5.72 Å². The van der Waals surface area contributed by atoms with Crippen LogP contribution < -0.4 is 10.6 Å². The fourth-order valence-electron chi connectivity index (χ4n) is 3.31. The lowest BCUT2D eigenvalue weighted by atomic mass is 10.0. The summed E-state index contributed by atoms with van der Waals surface area (Å²) in [5, 5.41) is 21.5. The highest BCUT2D eigenvalue weighted by molar-refractivity contribution is 6.34. The highest BCUT2D eigenvalue weighted by Crippen LogP contribution is 2.31. The minimum Gasteiger partial charge on any atom is -0.367 e. The van der Waals surface area contributed by atoms with Crippen molar-refractivity contribution >= 4 is 35.0 Å². The maximum absolute atomic E-state index is 12.2. The number of benzene rings is 2. The molecule has 11 heteroatoms. The number of hydrogen-bond donors (Lipinski definition) is 3. The number of nitrogens with zero attached hydrogens (tertiary/aromatic N) is 5. The van der Waals surface area contributed by atoms with Crippen molar-refractivity contribution in [3.63, 3.8) is 0 Å². The van der Waals surface area contributed by atoms with Crippen LogP contribution in [0.1, 0.15) is 28.7 Å². The first-order chi connectivity index (χ1) is 16.6. The second-order valence-corrected chi connectivity index (χ2v) is 8.58. The van der Waals surface area contributed by atoms with E-state index >= 15 is 0 Å². The number of nitrogens with one attached hydrogen (secondary N) is 2. The second-order valence-electron chi connectivity index (χ2n) is 8.18. The molecule has 0 aliphatic heterocycles. The van der Waals surface area contributed by atoms with Gasteiger partial charge in [-0.25, -0.2) is 4.98 Å². The summed E-state index contributed by atoms with van der Waals surface area (Å²) in [7, 11) is 3.31. The molecule has 0 spiro atoms. The lowest BCUT2D eigenvalue weighted by molar-refractivity contribution is 0.0827. The van der Waals surface area contributed by atoms with Gasteiger partial charge in [-0.15, -0.1) is 0 Å². The first kappa shape index (κ1) is 24.1. The van der Waals surface area contributed by atoms with Crippen LogP contribution in [-0.2, 0) is 5.72 Å². The molecule has 0 aliphatic carbocycles. The quantitative estimate of drug-likeness (QED) is 0.324. The Kier molecular flexibility index (Phi) is 6.68. The van der Waals surface area contributed by atoms with E-state index in [0.717, 1.165) is 0 Å². The molecule has 4 rings (SSSR count). The molecule has 4 aromatic rings. The topological polar surface area (TPSA) is 129 Å². The average molecular weight is 494 g/mol. The van der Waals surface area contributed by atoms with Gasteiger partial charge >= 0.3 is 0 Å². The summed E-state index contributed by atoms with van der Waals surface area (Å²) in [4.78, 5) is 26.9. The molecule has 0 radical (unpaired) electrons. The first-order valence-corrected chi connectivity index (χ1v) is 11.0. The lowest BCUT2D eigenvalue weighted by Gasteiger charge is -2.26. The van der Waals surface area contributed by atoms with Crippen molar-refractivity contribution < 1.29 is 14.4 Å². The molecule has 1 amide bonds. The highest BCUT2D eigenvalue weighted by atomic mass is 35.5. The van der Waals surface area contributed by atoms with Gasteiger partial charge < -0.3 is 25.2 Å². The minimum absolute atomic E-state index is 0.202. The van der Waals surface area contributed by atoms with Crippen LogP contribution in [0.2, 0.25) is 5.02 Å². The van der Waals surface area contributed by atoms with Crippen molar-refractivity contribution in [1.29, 1.82) is 0 Å². The summed E-state index contributed by atoms with van der Waals surface area (Å²) < 4.78 is 5.11. The summed E-state index contributed by atoms with van der Waals surface area (Å²) in [6, 6.07) is 14.1. The van der Waals surface area contributed by atoms with E-state index in [2.05, 4.69) is 30.7 Å². The number of hydrogen-bond acceptors (Lipinski definition) is 9. The average Bonchev–Trinajstić information content (AvgIpc) is 3.25. The Hall–Kier alpha value is -4.02. The maximum Gasteiger partial charge on any atom is 0.254 e. The van der Waals surface area contributed by atoms with Gasteiger partial charge in [0.1, 0.15) is 5.82 Å². The summed E-state index contributed by atoms with van der Waals surface area (Å²) >= 11 is 6.33. The van der Waals surface area contributed by atoms with Gasteiger partial charge in [-0.3, -0.25) is 4.79 Å². The van der Waals surface area contributed by atoms with Crippen LogP contribution in [0.4, 0.5) is 17.5 Å². The molecule has 3 N–H and O–H groups in total. The molecule has 0 unspecified atom stereocenters. The maximum atomic E-state index is 12.2. The van der Waals surface area contributed by atoms with Crippen molar-refractivity contribution in [2.24, 2.45) is 0 Å². The predicted octanol–water partition coefficient (Wildman–Crippen LogP) is 4.21. The Bertz CT molecular complexity index is 1360. The molecule has 2 aromatic carbocycles. The molecule has 2 heterocycles. The fraction of sp³-hybridized carbons (Fsp3) is 0.208. The molecular weight excluding hydrogens is 470 g/mol. The summed E-state index contributed by atoms with van der Waals surface area (Å²) in [6.45, 7) is 3.29. The zero-order valence-corrected chi connectivity index (χ0v) is 20.3. The van der Waals surface area contributed by atoms with E-state index in [1.165, 1.54) is 11.1 Å². The van der Waals surface area contributed by atoms with Gasteiger partial charge in [0.25, 0.3) is 5.91 Å². The van der Waals surface area contributed by atoms with E-state index in [1.807, 2.05) is 18.2 Å². The van der Waals surface area contributed by atoms with Gasteiger partial charge in [-0.2, -0.15) is 9.97 Å². The van der Waals surface area contributed by atoms with Crippen LogP contribution in [0.3, 0.4) is 0 Å². The Morgan fingerprint density at radius 1 is 1.14 bits per heavy atom. The molecule has 10 nitrogen and oxygen atoms in total. The number of carbonyl (C=O) groups excluding carboxylic acids is 1. The highest BCUT2D eigenvalue weighted by Gasteiger charge is 2.26. The normalized spacial score (nSPS) is 12.6. The van der Waals surface area contributed by atoms with E-state index in [0.29, 0.717) is 28.3 Å². The third-order valence-electron chi connectivity index (χ3n) is 5.12. The van der Waals surface area contributed by atoms with Gasteiger partial charge in [0.2, 0.25) is 17.7 Å². The van der Waals surface area contributed by atoms with E-state index in [9.17, 15) is 9.90 Å². The van der Waals surface area contributed by atoms with Gasteiger partial charge in [0, 0.05) is 38.5 Å². The smallest absolute Gasteiger partial charge is 0.254 e. The number of rotatable bonds is 7. The van der Waals surface area contributed by atoms with Gasteiger partial charge in [0.05, 0.1) is 16.1 Å². The lowest BCUT2D eigenvalue weighted by Crippen LogP contribution is -2.32. The number of aromatic nitrogens is 4. The number of amides is 1. The minimum atomic E-state index is -1.46. The summed E-state index contributed by atoms with van der Waals surface area (Å²) in [5.41, 5.74) is 0.573. The van der Waals surface area contributed by atoms with Gasteiger partial charge in [-0.05, 0) is 25.1 Å². The van der Waals surface area contributed by atoms with Crippen LogP contribution in [0, 0.1) is 6.92 Å². The third-order valence-corrected chi connectivity index (χ3v) is 5.43. The standard InChI is InChI=1S/C24H24ClN7O3/c1-14-27-21(31-35-14)18-13-26-23(28-16-10-11-17(19(25)12-16)22(33)32(3)4)29-20(18)30-24(2,34)15-8-6-5-7-9-15/h5-13,34H,1-4H3,(H2,26,28,29,30)/t24-/m0/s1. The largest absolute Gasteiger partial charge is 0.367 e. The summed E-state index contributed by atoms with van der Waals surface area (Å²) in [5.74, 6) is 0.956. The van der Waals surface area contributed by atoms with Crippen LogP contribution in [-0.4, -0.2) is 50.1 Å². The fourth-order valence-corrected chi connectivity index (χ4v) is 3.57. The second kappa shape index (κ2) is 9.69. The monoisotopic (exact) mass is 493 g/mol. The molecule has 180 valence electrons. The molecular formula is C24H24ClN7O3. The number of aryl methyl sites for hydroxylation is 1. The molecule has 0 saturated carbocycles. The van der Waals surface area contributed by atoms with Gasteiger partial charge in [-0.1, -0.05) is 47.1 Å². The molecule has 0 bridgehead atoms. The number of aliphatic hydroxyl groups is 1. The predicted molar refractivity (Wildman–Crippen MR) is 132 cm³/mol. The van der Waals surface area contributed by atoms with Crippen LogP contribution in [0.25, 0.3) is 11.4 Å². The van der Waals surface area contributed by atoms with Crippen LogP contribution in [0.15, 0.2) is 59.3 Å². The molecule has 2 aromatic heterocycles. The van der Waals surface area contributed by atoms with Crippen molar-refractivity contribution in [3.05, 3.63) is 76.8 Å². The molecule has 35 heavy (non-hydrogen) atoms. The molecule has 0 fully saturated rings. The Labute approximate surface area is 207 Å². The Morgan fingerprint density at radius 3 is 2.51 bits per heavy atom. The molecule has 0 saturated heterocycles. The van der Waals surface area contributed by atoms with Crippen molar-refractivity contribution in [3.8, 4) is 11.4 Å². The number of carbonyl (C=O) groups is 1. The van der Waals surface area contributed by atoms with Crippen LogP contribution in [0.5, 0.6) is 0 Å². The first-order valence-electron chi connectivity index (χ1n) is 10.7. The SMILES string of the molecule is Cc1nc(-c2cnc(Nc3ccc(C(=O)N(C)C)c(Cl)c3)nc2N[C@@](C)(O)c2ccccc2)no1. The molecule has 1 atom stereocenters. The van der Waals surface area contributed by atoms with Crippen molar-refractivity contribution in [1.82, 2.24) is 25.0 Å². The van der Waals surface area contributed by atoms with Gasteiger partial charge in [0.15, 0.2) is 5.72 Å². The van der Waals surface area contributed by atoms with E-state index in [1.54, 1.807) is 58.3 Å². The van der Waals surface area contributed by atoms with E-state index in [4.69, 9.17) is 16.1 Å². The Balaban J connectivity index is 1.68. The van der Waals surface area contributed by atoms with E-state index in [-0.39, 0.29) is 28.5 Å². The zero-order valence-electron chi connectivity index (χ0n) is 19.6. The van der Waals surface area contributed by atoms with Crippen LogP contribution >= 0.6 is 11.6 Å². The number of halogens is 1. The summed E-state index contributed by atoms with van der Waals surface area (Å²) in [6.07, 6.45) is 1.52. The Morgan fingerprint density at radius 2 is 1.89 bits per heavy atom. The molecule has 0 aliphatic rings. The third kappa shape index (κ3) is 5.39. The van der Waals surface area contributed by atoms with Crippen molar-refractivity contribution in [2.75, 3.05) is 24.7 Å². The van der Waals surface area contributed by atoms with Crippen molar-refractivity contribution in [2.45, 2.75) is 19.6 Å². The zero-order chi connectivity index (χ0) is 25.2.